The summed E-state index contributed by atoms with van der Waals surface area (Å²) in [6.07, 6.45) is 4.43. The fourth-order valence-corrected chi connectivity index (χ4v) is 1.58. The summed E-state index contributed by atoms with van der Waals surface area (Å²) in [5.41, 5.74) is -0.0933. The number of aliphatic hydroxyl groups excluding tert-OH is 2. The average Bonchev–Trinajstić information content (AvgIpc) is 2.14. The average molecular weight is 188 g/mol. The fraction of sp³-hybridized carbons (Fsp3) is 1.00. The van der Waals surface area contributed by atoms with Gasteiger partial charge in [-0.3, -0.25) is 0 Å². The van der Waals surface area contributed by atoms with Crippen molar-refractivity contribution in [2.75, 3.05) is 6.61 Å². The molecular weight excluding hydrogens is 164 g/mol. The van der Waals surface area contributed by atoms with Gasteiger partial charge in [-0.05, 0) is 24.7 Å². The summed E-state index contributed by atoms with van der Waals surface area (Å²) in [4.78, 5) is 0. The van der Waals surface area contributed by atoms with Crippen molar-refractivity contribution in [1.29, 1.82) is 0 Å². The number of rotatable bonds is 7. The van der Waals surface area contributed by atoms with Crippen LogP contribution in [0, 0.1) is 5.41 Å². The van der Waals surface area contributed by atoms with Crippen molar-refractivity contribution >= 4 is 0 Å². The van der Waals surface area contributed by atoms with Gasteiger partial charge in [-0.25, -0.2) is 0 Å². The highest BCUT2D eigenvalue weighted by atomic mass is 16.3. The van der Waals surface area contributed by atoms with Crippen LogP contribution in [0.15, 0.2) is 0 Å². The molecule has 0 radical (unpaired) electrons. The van der Waals surface area contributed by atoms with Crippen LogP contribution in [-0.2, 0) is 0 Å². The van der Waals surface area contributed by atoms with Crippen molar-refractivity contribution in [2.45, 2.75) is 59.0 Å². The standard InChI is InChI=1S/C11H24O2/c1-4-6-7-10(13)11(3,5-2)8-9-12/h10,12-13H,4-9H2,1-3H3. The van der Waals surface area contributed by atoms with Gasteiger partial charge in [-0.2, -0.15) is 0 Å². The maximum absolute atomic E-state index is 9.92. The highest BCUT2D eigenvalue weighted by Crippen LogP contribution is 2.32. The van der Waals surface area contributed by atoms with Crippen LogP contribution in [0.5, 0.6) is 0 Å². The molecule has 2 nitrogen and oxygen atoms in total. The van der Waals surface area contributed by atoms with Crippen LogP contribution in [0.3, 0.4) is 0 Å². The van der Waals surface area contributed by atoms with Gasteiger partial charge in [0.25, 0.3) is 0 Å². The Morgan fingerprint density at radius 2 is 1.92 bits per heavy atom. The Morgan fingerprint density at radius 1 is 1.31 bits per heavy atom. The highest BCUT2D eigenvalue weighted by molar-refractivity contribution is 4.80. The zero-order valence-corrected chi connectivity index (χ0v) is 9.21. The normalized spacial score (nSPS) is 18.2. The molecule has 2 unspecified atom stereocenters. The minimum atomic E-state index is -0.260. The first-order valence-electron chi connectivity index (χ1n) is 5.39. The molecule has 0 saturated carbocycles. The molecule has 2 N–H and O–H groups in total. The first-order valence-corrected chi connectivity index (χ1v) is 5.39. The summed E-state index contributed by atoms with van der Waals surface area (Å²) < 4.78 is 0. The van der Waals surface area contributed by atoms with Gasteiger partial charge in [0.1, 0.15) is 0 Å². The lowest BCUT2D eigenvalue weighted by atomic mass is 9.77. The lowest BCUT2D eigenvalue weighted by Crippen LogP contribution is -2.32. The van der Waals surface area contributed by atoms with Crippen molar-refractivity contribution < 1.29 is 10.2 Å². The molecule has 0 spiro atoms. The van der Waals surface area contributed by atoms with Gasteiger partial charge in [0.05, 0.1) is 6.10 Å². The van der Waals surface area contributed by atoms with Crippen LogP contribution in [0.25, 0.3) is 0 Å². The molecule has 0 aliphatic rings. The van der Waals surface area contributed by atoms with Crippen LogP contribution in [-0.4, -0.2) is 22.9 Å². The lowest BCUT2D eigenvalue weighted by Gasteiger charge is -2.33. The maximum atomic E-state index is 9.92. The van der Waals surface area contributed by atoms with E-state index in [9.17, 15) is 5.11 Å². The van der Waals surface area contributed by atoms with Crippen molar-refractivity contribution in [3.63, 3.8) is 0 Å². The molecule has 2 heteroatoms. The first-order chi connectivity index (χ1) is 6.10. The van der Waals surface area contributed by atoms with Crippen LogP contribution in [0.1, 0.15) is 52.9 Å². The summed E-state index contributed by atoms with van der Waals surface area (Å²) in [6.45, 7) is 6.43. The van der Waals surface area contributed by atoms with E-state index in [0.29, 0.717) is 6.42 Å². The smallest absolute Gasteiger partial charge is 0.0594 e. The van der Waals surface area contributed by atoms with Gasteiger partial charge in [-0.1, -0.05) is 33.6 Å². The predicted molar refractivity (Wildman–Crippen MR) is 55.6 cm³/mol. The summed E-state index contributed by atoms with van der Waals surface area (Å²) >= 11 is 0. The Balaban J connectivity index is 4.03. The van der Waals surface area contributed by atoms with Gasteiger partial charge in [0.2, 0.25) is 0 Å². The number of hydrogen-bond donors (Lipinski definition) is 2. The Hall–Kier alpha value is -0.0800. The van der Waals surface area contributed by atoms with E-state index >= 15 is 0 Å². The zero-order valence-electron chi connectivity index (χ0n) is 9.21. The van der Waals surface area contributed by atoms with Crippen LogP contribution < -0.4 is 0 Å². The second-order valence-corrected chi connectivity index (χ2v) is 4.14. The predicted octanol–water partition coefficient (Wildman–Crippen LogP) is 2.34. The third-order valence-electron chi connectivity index (χ3n) is 3.13. The molecule has 0 rings (SSSR count). The van der Waals surface area contributed by atoms with Crippen molar-refractivity contribution in [1.82, 2.24) is 0 Å². The van der Waals surface area contributed by atoms with Gasteiger partial charge < -0.3 is 10.2 Å². The zero-order chi connectivity index (χ0) is 10.3. The molecule has 0 aromatic carbocycles. The van der Waals surface area contributed by atoms with Gasteiger partial charge in [-0.15, -0.1) is 0 Å². The molecule has 0 aromatic heterocycles. The number of hydrogen-bond acceptors (Lipinski definition) is 2. The quantitative estimate of drug-likeness (QED) is 0.644. The van der Waals surface area contributed by atoms with Crippen molar-refractivity contribution in [2.24, 2.45) is 5.41 Å². The van der Waals surface area contributed by atoms with Gasteiger partial charge >= 0.3 is 0 Å². The Kier molecular flexibility index (Phi) is 6.35. The van der Waals surface area contributed by atoms with E-state index in [1.807, 2.05) is 0 Å². The molecule has 13 heavy (non-hydrogen) atoms. The largest absolute Gasteiger partial charge is 0.396 e. The van der Waals surface area contributed by atoms with E-state index in [1.54, 1.807) is 0 Å². The molecule has 0 saturated heterocycles. The molecule has 0 aliphatic heterocycles. The van der Waals surface area contributed by atoms with Crippen molar-refractivity contribution in [3.8, 4) is 0 Å². The first kappa shape index (κ1) is 12.9. The van der Waals surface area contributed by atoms with E-state index in [-0.39, 0.29) is 18.1 Å². The van der Waals surface area contributed by atoms with E-state index in [1.165, 1.54) is 0 Å². The van der Waals surface area contributed by atoms with E-state index in [0.717, 1.165) is 25.7 Å². The molecule has 0 aromatic rings. The Labute approximate surface area is 82.0 Å². The number of unbranched alkanes of at least 4 members (excludes halogenated alkanes) is 1. The minimum absolute atomic E-state index is 0.0933. The van der Waals surface area contributed by atoms with Crippen LogP contribution in [0.2, 0.25) is 0 Å². The van der Waals surface area contributed by atoms with Gasteiger partial charge in [0.15, 0.2) is 0 Å². The van der Waals surface area contributed by atoms with E-state index < -0.39 is 0 Å². The minimum Gasteiger partial charge on any atom is -0.396 e. The molecular formula is C11H24O2. The topological polar surface area (TPSA) is 40.5 Å². The van der Waals surface area contributed by atoms with Crippen LogP contribution >= 0.6 is 0 Å². The Morgan fingerprint density at radius 3 is 2.31 bits per heavy atom. The lowest BCUT2D eigenvalue weighted by molar-refractivity contribution is 0.00881. The van der Waals surface area contributed by atoms with Gasteiger partial charge in [0, 0.05) is 6.61 Å². The van der Waals surface area contributed by atoms with E-state index in [4.69, 9.17) is 5.11 Å². The number of aliphatic hydroxyl groups is 2. The summed E-state index contributed by atoms with van der Waals surface area (Å²) in [5.74, 6) is 0. The summed E-state index contributed by atoms with van der Waals surface area (Å²) in [7, 11) is 0. The second-order valence-electron chi connectivity index (χ2n) is 4.14. The maximum Gasteiger partial charge on any atom is 0.0594 e. The van der Waals surface area contributed by atoms with Crippen LogP contribution in [0.4, 0.5) is 0 Å². The molecule has 0 bridgehead atoms. The van der Waals surface area contributed by atoms with E-state index in [2.05, 4.69) is 20.8 Å². The highest BCUT2D eigenvalue weighted by Gasteiger charge is 2.29. The summed E-state index contributed by atoms with van der Waals surface area (Å²) in [6, 6.07) is 0. The molecule has 0 fully saturated rings. The SMILES string of the molecule is CCCCC(O)C(C)(CC)CCO. The molecule has 0 aliphatic carbocycles. The monoisotopic (exact) mass is 188 g/mol. The second kappa shape index (κ2) is 6.39. The van der Waals surface area contributed by atoms with Crippen molar-refractivity contribution in [3.05, 3.63) is 0 Å². The molecule has 0 amide bonds. The Bertz CT molecular complexity index is 125. The molecule has 2 atom stereocenters. The fourth-order valence-electron chi connectivity index (χ4n) is 1.58. The third kappa shape index (κ3) is 4.10. The summed E-state index contributed by atoms with van der Waals surface area (Å²) in [5, 5.41) is 18.8. The third-order valence-corrected chi connectivity index (χ3v) is 3.13. The molecule has 80 valence electrons. The molecule has 0 heterocycles.